The van der Waals surface area contributed by atoms with Gasteiger partial charge in [0.15, 0.2) is 0 Å². The van der Waals surface area contributed by atoms with Gasteiger partial charge in [-0.3, -0.25) is 14.4 Å². The molecule has 2 atom stereocenters. The average molecular weight is 368 g/mol. The first kappa shape index (κ1) is 18.4. The van der Waals surface area contributed by atoms with Gasteiger partial charge in [-0.05, 0) is 24.6 Å². The Labute approximate surface area is 156 Å². The second-order valence-corrected chi connectivity index (χ2v) is 6.22. The summed E-state index contributed by atoms with van der Waals surface area (Å²) in [6.07, 6.45) is 3.09. The zero-order chi connectivity index (χ0) is 19.4. The Morgan fingerprint density at radius 1 is 1.26 bits per heavy atom. The van der Waals surface area contributed by atoms with Crippen molar-refractivity contribution < 1.29 is 18.8 Å². The molecule has 27 heavy (non-hydrogen) atoms. The van der Waals surface area contributed by atoms with Crippen molar-refractivity contribution in [1.29, 1.82) is 0 Å². The fourth-order valence-electron chi connectivity index (χ4n) is 2.75. The van der Waals surface area contributed by atoms with Crippen LogP contribution in [0.5, 0.6) is 0 Å². The number of carbonyl (C=O) groups excluding carboxylic acids is 3. The number of fused-ring (bicyclic) bond motifs is 1. The first-order chi connectivity index (χ1) is 13.0. The largest absolute Gasteiger partial charge is 0.469 e. The fraction of sp³-hybridized carbons (Fsp3) is 0.263. The van der Waals surface area contributed by atoms with Crippen molar-refractivity contribution in [1.82, 2.24) is 15.6 Å². The Bertz CT molecular complexity index is 876. The molecule has 0 aliphatic carbocycles. The van der Waals surface area contributed by atoms with Gasteiger partial charge >= 0.3 is 0 Å². The van der Waals surface area contributed by atoms with E-state index in [4.69, 9.17) is 4.42 Å². The highest BCUT2D eigenvalue weighted by atomic mass is 16.3. The maximum atomic E-state index is 12.6. The van der Waals surface area contributed by atoms with E-state index in [9.17, 15) is 14.4 Å². The van der Waals surface area contributed by atoms with Gasteiger partial charge in [0.25, 0.3) is 5.91 Å². The van der Waals surface area contributed by atoms with Gasteiger partial charge in [-0.2, -0.15) is 5.10 Å². The van der Waals surface area contributed by atoms with E-state index in [-0.39, 0.29) is 18.2 Å². The van der Waals surface area contributed by atoms with Crippen LogP contribution < -0.4 is 10.6 Å². The predicted octanol–water partition coefficient (Wildman–Crippen LogP) is 0.990. The number of hydrazone groups is 1. The molecule has 140 valence electrons. The SMILES string of the molecule is C[C@H](NC(=O)Cc1ccco1)C(=O)NC1C(=O)N(C)N=Cc2ccccc21. The van der Waals surface area contributed by atoms with Gasteiger partial charge in [-0.15, -0.1) is 0 Å². The van der Waals surface area contributed by atoms with Crippen LogP contribution in [0.1, 0.15) is 29.9 Å². The van der Waals surface area contributed by atoms with E-state index in [0.717, 1.165) is 5.56 Å². The normalized spacial score (nSPS) is 17.0. The standard InChI is InChI=1S/C19H20N4O4/c1-12(21-16(24)10-14-7-5-9-27-14)18(25)22-17-15-8-4-3-6-13(15)11-20-23(2)19(17)26/h3-9,11-12,17H,10H2,1-2H3,(H,21,24)(H,22,25)/t12-,17?/m0/s1. The van der Waals surface area contributed by atoms with Crippen LogP contribution in [0.4, 0.5) is 0 Å². The molecule has 3 rings (SSSR count). The molecule has 1 aromatic heterocycles. The lowest BCUT2D eigenvalue weighted by Crippen LogP contribution is -2.48. The smallest absolute Gasteiger partial charge is 0.269 e. The summed E-state index contributed by atoms with van der Waals surface area (Å²) in [5.74, 6) is -0.669. The summed E-state index contributed by atoms with van der Waals surface area (Å²) in [6.45, 7) is 1.56. The number of benzene rings is 1. The van der Waals surface area contributed by atoms with Crippen molar-refractivity contribution in [3.63, 3.8) is 0 Å². The lowest BCUT2D eigenvalue weighted by Gasteiger charge is -2.22. The highest BCUT2D eigenvalue weighted by molar-refractivity contribution is 5.96. The van der Waals surface area contributed by atoms with Crippen LogP contribution in [0.25, 0.3) is 0 Å². The maximum absolute atomic E-state index is 12.6. The molecule has 0 saturated heterocycles. The van der Waals surface area contributed by atoms with Gasteiger partial charge in [0.05, 0.1) is 18.9 Å². The fourth-order valence-corrected chi connectivity index (χ4v) is 2.75. The highest BCUT2D eigenvalue weighted by Crippen LogP contribution is 2.22. The Kier molecular flexibility index (Phi) is 5.35. The third-order valence-corrected chi connectivity index (χ3v) is 4.22. The maximum Gasteiger partial charge on any atom is 0.269 e. The molecule has 0 fully saturated rings. The number of nitrogens with zero attached hydrogens (tertiary/aromatic N) is 2. The van der Waals surface area contributed by atoms with Crippen molar-refractivity contribution in [2.45, 2.75) is 25.4 Å². The molecule has 2 heterocycles. The molecule has 0 spiro atoms. The van der Waals surface area contributed by atoms with Crippen LogP contribution in [0.3, 0.4) is 0 Å². The molecule has 3 amide bonds. The molecule has 2 N–H and O–H groups in total. The Balaban J connectivity index is 1.68. The molecular weight excluding hydrogens is 348 g/mol. The van der Waals surface area contributed by atoms with E-state index in [1.807, 2.05) is 12.1 Å². The van der Waals surface area contributed by atoms with Gasteiger partial charge < -0.3 is 15.1 Å². The molecule has 0 radical (unpaired) electrons. The summed E-state index contributed by atoms with van der Waals surface area (Å²) in [6, 6.07) is 8.87. The van der Waals surface area contributed by atoms with Crippen molar-refractivity contribution in [2.75, 3.05) is 7.05 Å². The summed E-state index contributed by atoms with van der Waals surface area (Å²) < 4.78 is 5.12. The minimum atomic E-state index is -0.884. The van der Waals surface area contributed by atoms with Crippen LogP contribution in [0.2, 0.25) is 0 Å². The highest BCUT2D eigenvalue weighted by Gasteiger charge is 2.30. The number of likely N-dealkylation sites (N-methyl/N-ethyl adjacent to an activating group) is 1. The Hall–Kier alpha value is -3.42. The molecule has 2 aromatic rings. The van der Waals surface area contributed by atoms with Crippen molar-refractivity contribution in [2.24, 2.45) is 5.10 Å². The Morgan fingerprint density at radius 3 is 2.78 bits per heavy atom. The van der Waals surface area contributed by atoms with Gasteiger partial charge in [0, 0.05) is 12.6 Å². The van der Waals surface area contributed by atoms with Crippen LogP contribution >= 0.6 is 0 Å². The number of carbonyl (C=O) groups is 3. The van der Waals surface area contributed by atoms with E-state index in [0.29, 0.717) is 11.3 Å². The molecule has 8 heteroatoms. The second-order valence-electron chi connectivity index (χ2n) is 6.22. The quantitative estimate of drug-likeness (QED) is 0.821. The third kappa shape index (κ3) is 4.22. The minimum Gasteiger partial charge on any atom is -0.469 e. The molecule has 0 bridgehead atoms. The van der Waals surface area contributed by atoms with Gasteiger partial charge in [-0.25, -0.2) is 5.01 Å². The van der Waals surface area contributed by atoms with E-state index in [1.54, 1.807) is 37.4 Å². The van der Waals surface area contributed by atoms with E-state index in [1.165, 1.54) is 18.3 Å². The number of amides is 3. The molecule has 1 aliphatic heterocycles. The topological polar surface area (TPSA) is 104 Å². The van der Waals surface area contributed by atoms with E-state index >= 15 is 0 Å². The third-order valence-electron chi connectivity index (χ3n) is 4.22. The average Bonchev–Trinajstić information content (AvgIpc) is 3.12. The lowest BCUT2D eigenvalue weighted by atomic mass is 10.00. The predicted molar refractivity (Wildman–Crippen MR) is 97.7 cm³/mol. The first-order valence-electron chi connectivity index (χ1n) is 8.48. The monoisotopic (exact) mass is 368 g/mol. The van der Waals surface area contributed by atoms with E-state index < -0.39 is 18.0 Å². The van der Waals surface area contributed by atoms with Gasteiger partial charge in [-0.1, -0.05) is 24.3 Å². The van der Waals surface area contributed by atoms with Crippen LogP contribution in [-0.2, 0) is 20.8 Å². The van der Waals surface area contributed by atoms with Gasteiger partial charge in [0.2, 0.25) is 11.8 Å². The van der Waals surface area contributed by atoms with Crippen molar-refractivity contribution in [3.8, 4) is 0 Å². The Morgan fingerprint density at radius 2 is 2.04 bits per heavy atom. The molecular formula is C19H20N4O4. The summed E-state index contributed by atoms with van der Waals surface area (Å²) in [7, 11) is 1.53. The molecule has 1 aromatic carbocycles. The van der Waals surface area contributed by atoms with E-state index in [2.05, 4.69) is 15.7 Å². The summed E-state index contributed by atoms with van der Waals surface area (Å²) in [5.41, 5.74) is 1.40. The summed E-state index contributed by atoms with van der Waals surface area (Å²) >= 11 is 0. The number of furan rings is 1. The second kappa shape index (κ2) is 7.86. The van der Waals surface area contributed by atoms with Crippen molar-refractivity contribution >= 4 is 23.9 Å². The molecule has 1 unspecified atom stereocenters. The zero-order valence-electron chi connectivity index (χ0n) is 15.0. The molecule has 1 aliphatic rings. The summed E-state index contributed by atoms with van der Waals surface area (Å²) in [4.78, 5) is 37.2. The van der Waals surface area contributed by atoms with Crippen molar-refractivity contribution in [3.05, 3.63) is 59.5 Å². The van der Waals surface area contributed by atoms with Crippen LogP contribution in [0.15, 0.2) is 52.2 Å². The van der Waals surface area contributed by atoms with Gasteiger partial charge in [0.1, 0.15) is 17.8 Å². The van der Waals surface area contributed by atoms with Crippen LogP contribution in [0, 0.1) is 0 Å². The zero-order valence-corrected chi connectivity index (χ0v) is 15.0. The summed E-state index contributed by atoms with van der Waals surface area (Å²) in [5, 5.41) is 10.6. The van der Waals surface area contributed by atoms with Crippen LogP contribution in [-0.4, -0.2) is 42.0 Å². The molecule has 0 saturated carbocycles. The number of hydrogen-bond donors (Lipinski definition) is 2. The number of nitrogens with one attached hydrogen (secondary N) is 2. The first-order valence-corrected chi connectivity index (χ1v) is 8.48. The number of rotatable bonds is 5. The minimum absolute atomic E-state index is 0.0341. The molecule has 8 nitrogen and oxygen atoms in total. The lowest BCUT2D eigenvalue weighted by molar-refractivity contribution is -0.136. The number of hydrogen-bond acceptors (Lipinski definition) is 5.